The number of anilines is 6. The molecule has 12 aromatic rings. The number of hydrogen-bond donors (Lipinski definition) is 0. The molecule has 310 valence electrons. The van der Waals surface area contributed by atoms with Crippen LogP contribution in [0.3, 0.4) is 0 Å². The first-order chi connectivity index (χ1) is 32.7. The smallest absolute Gasteiger partial charge is 0.0618 e. The highest BCUT2D eigenvalue weighted by Gasteiger charge is 2.23. The molecule has 0 aliphatic heterocycles. The highest BCUT2D eigenvalue weighted by atomic mass is 15.2. The van der Waals surface area contributed by atoms with Crippen molar-refractivity contribution in [3.05, 3.63) is 267 Å². The van der Waals surface area contributed by atoms with E-state index in [1.807, 2.05) is 0 Å². The maximum Gasteiger partial charge on any atom is 0.0618 e. The molecule has 0 heterocycles. The lowest BCUT2D eigenvalue weighted by molar-refractivity contribution is 1.29. The van der Waals surface area contributed by atoms with Crippen molar-refractivity contribution in [2.24, 2.45) is 0 Å². The van der Waals surface area contributed by atoms with Gasteiger partial charge in [-0.2, -0.15) is 0 Å². The van der Waals surface area contributed by atoms with Crippen molar-refractivity contribution in [1.29, 1.82) is 0 Å². The first kappa shape index (κ1) is 38.9. The van der Waals surface area contributed by atoms with Gasteiger partial charge in [-0.15, -0.1) is 0 Å². The zero-order chi connectivity index (χ0) is 43.8. The quantitative estimate of drug-likeness (QED) is 0.134. The summed E-state index contributed by atoms with van der Waals surface area (Å²) < 4.78 is 0. The average Bonchev–Trinajstić information content (AvgIpc) is 3.39. The number of rotatable bonds is 9. The zero-order valence-electron chi connectivity index (χ0n) is 36.3. The van der Waals surface area contributed by atoms with Gasteiger partial charge in [-0.05, 0) is 127 Å². The van der Waals surface area contributed by atoms with E-state index in [1.54, 1.807) is 0 Å². The van der Waals surface area contributed by atoms with Crippen LogP contribution in [0.5, 0.6) is 0 Å². The topological polar surface area (TPSA) is 6.48 Å². The van der Waals surface area contributed by atoms with Crippen LogP contribution < -0.4 is 9.80 Å². The Morgan fingerprint density at radius 2 is 0.500 bits per heavy atom. The maximum atomic E-state index is 2.43. The second-order valence-corrected chi connectivity index (χ2v) is 16.9. The van der Waals surface area contributed by atoms with E-state index in [-0.39, 0.29) is 0 Å². The molecule has 0 amide bonds. The van der Waals surface area contributed by atoms with E-state index in [0.29, 0.717) is 0 Å². The molecule has 0 aliphatic rings. The Hall–Kier alpha value is -8.72. The molecule has 0 aliphatic carbocycles. The molecule has 0 bridgehead atoms. The Morgan fingerprint density at radius 3 is 0.864 bits per heavy atom. The SMILES string of the molecule is c1ccc(-c2ccc3cc4ccccc4cc3c2N(c2ccccc2)c2ccc(-c3ccc(N(c4ccccc4)c4c(-c5ccccc5)ccc5cc6ccccc6cc45)cc3)cc2)cc1. The van der Waals surface area contributed by atoms with Crippen LogP contribution in [0.15, 0.2) is 267 Å². The first-order valence-corrected chi connectivity index (χ1v) is 22.7. The standard InChI is InChI=1S/C64H44N2/c1-5-17-47(18-6-1)59-39-33-53-41-49-21-13-15-23-51(49)43-61(53)63(59)65(55-25-9-3-10-26-55)57-35-29-45(30-36-57)46-31-37-58(38-32-46)66(56-27-11-4-12-28-56)64-60(48-19-7-2-8-20-48)40-34-54-42-50-22-14-16-24-52(50)44-62(54)64/h1-44H. The third kappa shape index (κ3) is 7.12. The second kappa shape index (κ2) is 16.8. The second-order valence-electron chi connectivity index (χ2n) is 16.9. The molecule has 2 heteroatoms. The van der Waals surface area contributed by atoms with Crippen molar-refractivity contribution >= 4 is 77.2 Å². The van der Waals surface area contributed by atoms with Gasteiger partial charge < -0.3 is 9.80 Å². The van der Waals surface area contributed by atoms with Gasteiger partial charge in [-0.25, -0.2) is 0 Å². The molecule has 0 unspecified atom stereocenters. The molecule has 0 spiro atoms. The number of benzene rings is 12. The molecule has 2 nitrogen and oxygen atoms in total. The Bertz CT molecular complexity index is 3410. The summed E-state index contributed by atoms with van der Waals surface area (Å²) in [6.45, 7) is 0. The fourth-order valence-corrected chi connectivity index (χ4v) is 9.75. The molecule has 66 heavy (non-hydrogen) atoms. The zero-order valence-corrected chi connectivity index (χ0v) is 36.3. The maximum absolute atomic E-state index is 2.43. The van der Waals surface area contributed by atoms with Crippen LogP contribution in [0.2, 0.25) is 0 Å². The van der Waals surface area contributed by atoms with E-state index in [9.17, 15) is 0 Å². The van der Waals surface area contributed by atoms with Crippen LogP contribution in [0, 0.1) is 0 Å². The van der Waals surface area contributed by atoms with E-state index in [4.69, 9.17) is 0 Å². The molecule has 0 aromatic heterocycles. The largest absolute Gasteiger partial charge is 0.309 e. The molecule has 0 radical (unpaired) electrons. The van der Waals surface area contributed by atoms with Gasteiger partial charge >= 0.3 is 0 Å². The predicted octanol–water partition coefficient (Wildman–Crippen LogP) is 18.2. The number of para-hydroxylation sites is 2. The first-order valence-electron chi connectivity index (χ1n) is 22.7. The van der Waals surface area contributed by atoms with Gasteiger partial charge in [0, 0.05) is 44.6 Å². The third-order valence-corrected chi connectivity index (χ3v) is 12.9. The van der Waals surface area contributed by atoms with E-state index >= 15 is 0 Å². The van der Waals surface area contributed by atoms with Crippen molar-refractivity contribution < 1.29 is 0 Å². The summed E-state index contributed by atoms with van der Waals surface area (Å²) in [5.74, 6) is 0. The minimum Gasteiger partial charge on any atom is -0.309 e. The van der Waals surface area contributed by atoms with E-state index < -0.39 is 0 Å². The van der Waals surface area contributed by atoms with Crippen molar-refractivity contribution in [3.63, 3.8) is 0 Å². The van der Waals surface area contributed by atoms with Gasteiger partial charge in [-0.1, -0.05) is 194 Å². The van der Waals surface area contributed by atoms with Crippen LogP contribution in [0.1, 0.15) is 0 Å². The lowest BCUT2D eigenvalue weighted by Crippen LogP contribution is -2.12. The molecule has 12 aromatic carbocycles. The summed E-state index contributed by atoms with van der Waals surface area (Å²) in [4.78, 5) is 4.86. The molecule has 0 saturated heterocycles. The molecule has 0 N–H and O–H groups in total. The molecular weight excluding hydrogens is 797 g/mol. The van der Waals surface area contributed by atoms with Crippen LogP contribution in [-0.4, -0.2) is 0 Å². The minimum absolute atomic E-state index is 1.09. The van der Waals surface area contributed by atoms with Crippen LogP contribution >= 0.6 is 0 Å². The number of nitrogens with zero attached hydrogens (tertiary/aromatic N) is 2. The van der Waals surface area contributed by atoms with Crippen molar-refractivity contribution in [3.8, 4) is 33.4 Å². The van der Waals surface area contributed by atoms with E-state index in [2.05, 4.69) is 277 Å². The predicted molar refractivity (Wildman–Crippen MR) is 282 cm³/mol. The number of fused-ring (bicyclic) bond motifs is 4. The van der Waals surface area contributed by atoms with Crippen LogP contribution in [0.4, 0.5) is 34.1 Å². The Morgan fingerprint density at radius 1 is 0.197 bits per heavy atom. The summed E-state index contributed by atoms with van der Waals surface area (Å²) in [5.41, 5.74) is 13.7. The lowest BCUT2D eigenvalue weighted by atomic mass is 9.94. The fourth-order valence-electron chi connectivity index (χ4n) is 9.75. The Labute approximate surface area is 385 Å². The minimum atomic E-state index is 1.09. The summed E-state index contributed by atoms with van der Waals surface area (Å²) >= 11 is 0. The summed E-state index contributed by atoms with van der Waals surface area (Å²) in [6.07, 6.45) is 0. The van der Waals surface area contributed by atoms with Gasteiger partial charge in [0.05, 0.1) is 11.4 Å². The molecule has 0 fully saturated rings. The van der Waals surface area contributed by atoms with Gasteiger partial charge in [0.1, 0.15) is 0 Å². The highest BCUT2D eigenvalue weighted by Crippen LogP contribution is 2.48. The van der Waals surface area contributed by atoms with Crippen molar-refractivity contribution in [2.45, 2.75) is 0 Å². The van der Waals surface area contributed by atoms with E-state index in [1.165, 1.54) is 65.3 Å². The van der Waals surface area contributed by atoms with E-state index in [0.717, 1.165) is 45.3 Å². The lowest BCUT2D eigenvalue weighted by Gasteiger charge is -2.30. The Balaban J connectivity index is 0.982. The van der Waals surface area contributed by atoms with Crippen LogP contribution in [-0.2, 0) is 0 Å². The molecule has 0 saturated carbocycles. The summed E-state index contributed by atoms with van der Waals surface area (Å²) in [6, 6.07) is 97.0. The normalized spacial score (nSPS) is 11.3. The van der Waals surface area contributed by atoms with Gasteiger partial charge in [-0.3, -0.25) is 0 Å². The summed E-state index contributed by atoms with van der Waals surface area (Å²) in [7, 11) is 0. The average molecular weight is 841 g/mol. The highest BCUT2D eigenvalue weighted by molar-refractivity contribution is 6.12. The molecule has 0 atom stereocenters. The van der Waals surface area contributed by atoms with Gasteiger partial charge in [0.2, 0.25) is 0 Å². The molecule has 12 rings (SSSR count). The monoisotopic (exact) mass is 840 g/mol. The fraction of sp³-hybridized carbons (Fsp3) is 0. The third-order valence-electron chi connectivity index (χ3n) is 12.9. The Kier molecular flexibility index (Phi) is 9.89. The number of hydrogen-bond acceptors (Lipinski definition) is 2. The molecular formula is C64H44N2. The van der Waals surface area contributed by atoms with Crippen molar-refractivity contribution in [2.75, 3.05) is 9.80 Å². The summed E-state index contributed by atoms with van der Waals surface area (Å²) in [5, 5.41) is 9.74. The van der Waals surface area contributed by atoms with Gasteiger partial charge in [0.15, 0.2) is 0 Å². The van der Waals surface area contributed by atoms with Gasteiger partial charge in [0.25, 0.3) is 0 Å². The van der Waals surface area contributed by atoms with Crippen LogP contribution in [0.25, 0.3) is 76.5 Å². The van der Waals surface area contributed by atoms with Crippen molar-refractivity contribution in [1.82, 2.24) is 0 Å².